The van der Waals surface area contributed by atoms with Gasteiger partial charge in [0.15, 0.2) is 5.76 Å². The Morgan fingerprint density at radius 2 is 1.52 bits per heavy atom. The van der Waals surface area contributed by atoms with Crippen molar-refractivity contribution in [3.8, 4) is 11.5 Å². The molecule has 2 heterocycles. The number of imide groups is 1. The van der Waals surface area contributed by atoms with Crippen LogP contribution < -0.4 is 20.1 Å². The minimum atomic E-state index is -0.873. The number of nitrogens with zero attached hydrogens (tertiary/aromatic N) is 2. The Kier molecular flexibility index (Phi) is 9.95. The summed E-state index contributed by atoms with van der Waals surface area (Å²) < 4.78 is 26.8. The summed E-state index contributed by atoms with van der Waals surface area (Å²) in [5.74, 6) is 1.85. The monoisotopic (exact) mass is 554 g/mol. The number of carbonyl (C=O) groups excluding carboxylic acids is 2. The second kappa shape index (κ2) is 13.8. The standard InChI is InChI=1S/C28H34N4O8/c1-36-17-24-15-20(31-40-24)14-23-12-13-25(33)26(39-23)16-32(27(34)29-18-4-8-21(37-2)9-5-18)28(35)30-19-6-10-22(38-3)11-7-19/h4-11,15,23,25-26,33H,12-14,16-17H2,1-3H3,(H,29,34)(H,30,35). The van der Waals surface area contributed by atoms with Crippen molar-refractivity contribution in [3.63, 3.8) is 0 Å². The molecular formula is C28H34N4O8. The Morgan fingerprint density at radius 3 is 2.05 bits per heavy atom. The normalized spacial score (nSPS) is 18.6. The summed E-state index contributed by atoms with van der Waals surface area (Å²) in [5, 5.41) is 20.3. The van der Waals surface area contributed by atoms with Crippen LogP contribution in [0.1, 0.15) is 24.3 Å². The molecule has 3 N–H and O–H groups in total. The summed E-state index contributed by atoms with van der Waals surface area (Å²) in [5.41, 5.74) is 1.63. The van der Waals surface area contributed by atoms with Crippen LogP contribution in [0.15, 0.2) is 59.1 Å². The molecule has 3 unspecified atom stereocenters. The van der Waals surface area contributed by atoms with E-state index in [0.29, 0.717) is 60.2 Å². The number of carbonyl (C=O) groups is 2. The summed E-state index contributed by atoms with van der Waals surface area (Å²) in [7, 11) is 4.66. The second-order valence-corrected chi connectivity index (χ2v) is 9.29. The number of benzene rings is 2. The molecule has 1 aliphatic heterocycles. The topological polar surface area (TPSA) is 145 Å². The van der Waals surface area contributed by atoms with Crippen LogP contribution in [0.4, 0.5) is 21.0 Å². The highest BCUT2D eigenvalue weighted by Gasteiger charge is 2.35. The number of urea groups is 2. The van der Waals surface area contributed by atoms with Gasteiger partial charge in [-0.3, -0.25) is 0 Å². The zero-order valence-corrected chi connectivity index (χ0v) is 22.7. The number of methoxy groups -OCH3 is 3. The van der Waals surface area contributed by atoms with Gasteiger partial charge in [0, 0.05) is 31.0 Å². The first-order valence-electron chi connectivity index (χ1n) is 12.8. The van der Waals surface area contributed by atoms with Gasteiger partial charge >= 0.3 is 12.1 Å². The van der Waals surface area contributed by atoms with Crippen molar-refractivity contribution in [2.75, 3.05) is 38.5 Å². The summed E-state index contributed by atoms with van der Waals surface area (Å²) in [6, 6.07) is 13.8. The van der Waals surface area contributed by atoms with E-state index < -0.39 is 24.3 Å². The Bertz CT molecular complexity index is 1190. The van der Waals surface area contributed by atoms with E-state index in [1.807, 2.05) is 0 Å². The van der Waals surface area contributed by atoms with Gasteiger partial charge in [0.25, 0.3) is 0 Å². The number of aliphatic hydroxyl groups is 1. The van der Waals surface area contributed by atoms with Crippen molar-refractivity contribution in [2.24, 2.45) is 0 Å². The largest absolute Gasteiger partial charge is 0.497 e. The van der Waals surface area contributed by atoms with Gasteiger partial charge < -0.3 is 39.2 Å². The number of rotatable bonds is 10. The number of ether oxygens (including phenoxy) is 4. The predicted octanol–water partition coefficient (Wildman–Crippen LogP) is 4.06. The van der Waals surface area contributed by atoms with Crippen LogP contribution in [-0.4, -0.2) is 73.4 Å². The Labute approximate surface area is 232 Å². The van der Waals surface area contributed by atoms with E-state index in [9.17, 15) is 14.7 Å². The molecule has 3 atom stereocenters. The molecule has 0 aliphatic carbocycles. The second-order valence-electron chi connectivity index (χ2n) is 9.29. The molecule has 4 rings (SSSR count). The maximum Gasteiger partial charge on any atom is 0.330 e. The fraction of sp³-hybridized carbons (Fsp3) is 0.393. The summed E-state index contributed by atoms with van der Waals surface area (Å²) >= 11 is 0. The number of aromatic nitrogens is 1. The minimum absolute atomic E-state index is 0.185. The number of anilines is 2. The van der Waals surface area contributed by atoms with Crippen molar-refractivity contribution in [1.82, 2.24) is 10.1 Å². The molecule has 3 aromatic rings. The van der Waals surface area contributed by atoms with Crippen LogP contribution >= 0.6 is 0 Å². The number of aliphatic hydroxyl groups excluding tert-OH is 1. The highest BCUT2D eigenvalue weighted by atomic mass is 16.5. The molecule has 40 heavy (non-hydrogen) atoms. The zero-order valence-electron chi connectivity index (χ0n) is 22.7. The van der Waals surface area contributed by atoms with Crippen LogP contribution in [0.25, 0.3) is 0 Å². The van der Waals surface area contributed by atoms with E-state index in [0.717, 1.165) is 4.90 Å². The molecular weight excluding hydrogens is 520 g/mol. The summed E-state index contributed by atoms with van der Waals surface area (Å²) in [4.78, 5) is 27.7. The lowest BCUT2D eigenvalue weighted by atomic mass is 9.98. The van der Waals surface area contributed by atoms with E-state index in [2.05, 4.69) is 15.8 Å². The third-order valence-electron chi connectivity index (χ3n) is 6.45. The van der Waals surface area contributed by atoms with Gasteiger partial charge in [0.05, 0.1) is 38.7 Å². The zero-order chi connectivity index (χ0) is 28.5. The van der Waals surface area contributed by atoms with Crippen molar-refractivity contribution >= 4 is 23.4 Å². The van der Waals surface area contributed by atoms with Crippen LogP contribution in [0, 0.1) is 0 Å². The molecule has 0 radical (unpaired) electrons. The van der Waals surface area contributed by atoms with Gasteiger partial charge in [-0.05, 0) is 61.4 Å². The van der Waals surface area contributed by atoms with E-state index in [1.165, 1.54) is 0 Å². The molecule has 1 aromatic heterocycles. The lowest BCUT2D eigenvalue weighted by Crippen LogP contribution is -2.52. The average molecular weight is 555 g/mol. The molecule has 1 saturated heterocycles. The molecule has 1 aliphatic rings. The molecule has 0 spiro atoms. The van der Waals surface area contributed by atoms with Crippen molar-refractivity contribution < 1.29 is 38.2 Å². The van der Waals surface area contributed by atoms with Gasteiger partial charge in [-0.25, -0.2) is 14.5 Å². The SMILES string of the molecule is COCc1cc(CC2CCC(O)C(CN(C(=O)Nc3ccc(OC)cc3)C(=O)Nc3ccc(OC)cc3)O2)no1. The molecule has 0 bridgehead atoms. The molecule has 214 valence electrons. The third kappa shape index (κ3) is 7.72. The molecule has 2 aromatic carbocycles. The van der Waals surface area contributed by atoms with Crippen molar-refractivity contribution in [1.29, 1.82) is 0 Å². The van der Waals surface area contributed by atoms with E-state index >= 15 is 0 Å². The highest BCUT2D eigenvalue weighted by Crippen LogP contribution is 2.25. The first-order chi connectivity index (χ1) is 19.4. The van der Waals surface area contributed by atoms with Crippen LogP contribution in [0.5, 0.6) is 11.5 Å². The highest BCUT2D eigenvalue weighted by molar-refractivity contribution is 6.05. The maximum atomic E-state index is 13.3. The fourth-order valence-corrected chi connectivity index (χ4v) is 4.33. The lowest BCUT2D eigenvalue weighted by Gasteiger charge is -2.36. The molecule has 1 fully saturated rings. The molecule has 12 heteroatoms. The first-order valence-corrected chi connectivity index (χ1v) is 12.8. The Hall–Kier alpha value is -4.13. The van der Waals surface area contributed by atoms with Crippen molar-refractivity contribution in [2.45, 2.75) is 44.2 Å². The van der Waals surface area contributed by atoms with Gasteiger partial charge in [0.1, 0.15) is 24.2 Å². The maximum absolute atomic E-state index is 13.3. The molecule has 12 nitrogen and oxygen atoms in total. The van der Waals surface area contributed by atoms with Crippen LogP contribution in [-0.2, 0) is 22.5 Å². The minimum Gasteiger partial charge on any atom is -0.497 e. The quantitative estimate of drug-likeness (QED) is 0.338. The number of hydrogen-bond donors (Lipinski definition) is 3. The van der Waals surface area contributed by atoms with Gasteiger partial charge in [-0.2, -0.15) is 0 Å². The van der Waals surface area contributed by atoms with Gasteiger partial charge in [-0.1, -0.05) is 5.16 Å². The number of nitrogens with one attached hydrogen (secondary N) is 2. The van der Waals surface area contributed by atoms with E-state index in [-0.39, 0.29) is 12.6 Å². The first kappa shape index (κ1) is 28.9. The Balaban J connectivity index is 1.48. The average Bonchev–Trinajstić information content (AvgIpc) is 3.40. The van der Waals surface area contributed by atoms with Crippen LogP contribution in [0.3, 0.4) is 0 Å². The third-order valence-corrected chi connectivity index (χ3v) is 6.45. The number of amides is 4. The fourth-order valence-electron chi connectivity index (χ4n) is 4.33. The van der Waals surface area contributed by atoms with Gasteiger partial charge in [-0.15, -0.1) is 0 Å². The number of hydrogen-bond acceptors (Lipinski definition) is 9. The lowest BCUT2D eigenvalue weighted by molar-refractivity contribution is -0.119. The predicted molar refractivity (Wildman–Crippen MR) is 146 cm³/mol. The molecule has 0 saturated carbocycles. The van der Waals surface area contributed by atoms with Crippen LogP contribution in [0.2, 0.25) is 0 Å². The Morgan fingerprint density at radius 1 is 0.950 bits per heavy atom. The molecule has 4 amide bonds. The van der Waals surface area contributed by atoms with Gasteiger partial charge in [0.2, 0.25) is 0 Å². The smallest absolute Gasteiger partial charge is 0.330 e. The summed E-state index contributed by atoms with van der Waals surface area (Å²) in [6.07, 6.45) is -0.501. The van der Waals surface area contributed by atoms with Crippen molar-refractivity contribution in [3.05, 3.63) is 66.1 Å². The van der Waals surface area contributed by atoms with E-state index in [4.69, 9.17) is 23.5 Å². The van der Waals surface area contributed by atoms with E-state index in [1.54, 1.807) is 75.9 Å². The summed E-state index contributed by atoms with van der Waals surface area (Å²) in [6.45, 7) is 0.122.